The van der Waals surface area contributed by atoms with E-state index < -0.39 is 0 Å². The van der Waals surface area contributed by atoms with Crippen LogP contribution >= 0.6 is 15.9 Å². The number of carbonyl (C=O) groups excluding carboxylic acids is 1. The van der Waals surface area contributed by atoms with Crippen LogP contribution in [0.2, 0.25) is 0 Å². The van der Waals surface area contributed by atoms with Gasteiger partial charge in [0.2, 0.25) is 5.91 Å². The molecule has 3 rings (SSSR count). The first-order valence-corrected chi connectivity index (χ1v) is 10.2. The molecule has 4 heteroatoms. The van der Waals surface area contributed by atoms with Crippen LogP contribution in [0.4, 0.5) is 0 Å². The highest BCUT2D eigenvalue weighted by molar-refractivity contribution is 9.10. The molecule has 0 heterocycles. The number of phenolic OH excluding ortho intramolecular Hbond substituents is 1. The van der Waals surface area contributed by atoms with E-state index in [-0.39, 0.29) is 30.0 Å². The van der Waals surface area contributed by atoms with Crippen LogP contribution in [0.5, 0.6) is 5.75 Å². The zero-order valence-electron chi connectivity index (χ0n) is 15.8. The molecule has 144 valence electrons. The molecule has 2 N–H and O–H groups in total. The zero-order chi connectivity index (χ0) is 19.9. The van der Waals surface area contributed by atoms with Crippen LogP contribution in [0.25, 0.3) is 0 Å². The van der Waals surface area contributed by atoms with E-state index in [4.69, 9.17) is 0 Å². The molecule has 3 aromatic rings. The number of nitrogens with one attached hydrogen (secondary N) is 1. The van der Waals surface area contributed by atoms with Gasteiger partial charge in [-0.25, -0.2) is 0 Å². The normalized spacial score (nSPS) is 12.9. The first kappa shape index (κ1) is 20.2. The van der Waals surface area contributed by atoms with Crippen LogP contribution in [0.3, 0.4) is 0 Å². The highest BCUT2D eigenvalue weighted by Crippen LogP contribution is 2.35. The Kier molecular flexibility index (Phi) is 6.88. The summed E-state index contributed by atoms with van der Waals surface area (Å²) in [5.74, 6) is -0.0542. The summed E-state index contributed by atoms with van der Waals surface area (Å²) < 4.78 is 0.874. The van der Waals surface area contributed by atoms with Gasteiger partial charge in [0.15, 0.2) is 0 Å². The zero-order valence-corrected chi connectivity index (χ0v) is 17.4. The largest absolute Gasteiger partial charge is 0.508 e. The number of benzene rings is 3. The van der Waals surface area contributed by atoms with E-state index >= 15 is 0 Å². The van der Waals surface area contributed by atoms with Crippen molar-refractivity contribution < 1.29 is 9.90 Å². The molecule has 2 unspecified atom stereocenters. The summed E-state index contributed by atoms with van der Waals surface area (Å²) in [6.07, 6.45) is 1.05. The second-order valence-electron chi connectivity index (χ2n) is 7.03. The fraction of sp³-hybridized carbons (Fsp3) is 0.208. The highest BCUT2D eigenvalue weighted by Gasteiger charge is 2.22. The smallest absolute Gasteiger partial charge is 0.221 e. The molecule has 0 saturated heterocycles. The Morgan fingerprint density at radius 2 is 1.64 bits per heavy atom. The summed E-state index contributed by atoms with van der Waals surface area (Å²) >= 11 is 3.47. The maximum atomic E-state index is 12.8. The predicted octanol–water partition coefficient (Wildman–Crippen LogP) is 5.42. The molecule has 0 saturated carbocycles. The second kappa shape index (κ2) is 9.56. The number of hydrogen-bond donors (Lipinski definition) is 2. The van der Waals surface area contributed by atoms with Gasteiger partial charge >= 0.3 is 0 Å². The third-order valence-corrected chi connectivity index (χ3v) is 5.24. The van der Waals surface area contributed by atoms with E-state index in [2.05, 4.69) is 33.4 Å². The molecule has 0 fully saturated rings. The average Bonchev–Trinajstić information content (AvgIpc) is 2.69. The van der Waals surface area contributed by atoms with Gasteiger partial charge in [0, 0.05) is 28.4 Å². The van der Waals surface area contributed by atoms with E-state index in [1.54, 1.807) is 12.1 Å². The van der Waals surface area contributed by atoms with Crippen LogP contribution in [0.15, 0.2) is 83.3 Å². The lowest BCUT2D eigenvalue weighted by Crippen LogP contribution is -2.35. The molecule has 0 aliphatic rings. The van der Waals surface area contributed by atoms with Crippen molar-refractivity contribution in [2.75, 3.05) is 0 Å². The van der Waals surface area contributed by atoms with E-state index in [1.807, 2.05) is 61.5 Å². The van der Waals surface area contributed by atoms with Crippen molar-refractivity contribution >= 4 is 21.8 Å². The minimum atomic E-state index is -0.220. The number of halogens is 1. The molecule has 3 aromatic carbocycles. The highest BCUT2D eigenvalue weighted by atomic mass is 79.9. The molecule has 2 atom stereocenters. The van der Waals surface area contributed by atoms with Gasteiger partial charge in [-0.1, -0.05) is 76.6 Å². The van der Waals surface area contributed by atoms with Gasteiger partial charge in [0.05, 0.1) is 0 Å². The molecule has 0 radical (unpaired) electrons. The fourth-order valence-corrected chi connectivity index (χ4v) is 3.81. The van der Waals surface area contributed by atoms with E-state index in [0.717, 1.165) is 22.0 Å². The third kappa shape index (κ3) is 5.46. The van der Waals surface area contributed by atoms with Gasteiger partial charge in [0.25, 0.3) is 0 Å². The number of rotatable bonds is 7. The van der Waals surface area contributed by atoms with Gasteiger partial charge in [-0.05, 0) is 42.7 Å². The van der Waals surface area contributed by atoms with Crippen LogP contribution < -0.4 is 5.32 Å². The first-order chi connectivity index (χ1) is 13.5. The number of carbonyl (C=O) groups is 1. The van der Waals surface area contributed by atoms with Crippen molar-refractivity contribution in [3.63, 3.8) is 0 Å². The summed E-state index contributed by atoms with van der Waals surface area (Å²) in [7, 11) is 0. The fourth-order valence-electron chi connectivity index (χ4n) is 3.44. The Morgan fingerprint density at radius 1 is 1.00 bits per heavy atom. The Hall–Kier alpha value is -2.59. The Labute approximate surface area is 174 Å². The molecular weight excluding hydrogens is 414 g/mol. The second-order valence-corrected chi connectivity index (χ2v) is 7.94. The molecule has 0 aliphatic carbocycles. The van der Waals surface area contributed by atoms with Crippen molar-refractivity contribution in [1.82, 2.24) is 5.32 Å². The van der Waals surface area contributed by atoms with Crippen molar-refractivity contribution in [2.24, 2.45) is 0 Å². The number of hydrogen-bond acceptors (Lipinski definition) is 2. The topological polar surface area (TPSA) is 49.3 Å². The molecule has 0 spiro atoms. The Morgan fingerprint density at radius 3 is 2.32 bits per heavy atom. The maximum absolute atomic E-state index is 12.8. The molecule has 0 aromatic heterocycles. The lowest BCUT2D eigenvalue weighted by molar-refractivity contribution is -0.121. The van der Waals surface area contributed by atoms with Crippen molar-refractivity contribution in [1.29, 1.82) is 0 Å². The van der Waals surface area contributed by atoms with Crippen molar-refractivity contribution in [2.45, 2.75) is 31.7 Å². The van der Waals surface area contributed by atoms with Crippen LogP contribution in [-0.4, -0.2) is 17.1 Å². The lowest BCUT2D eigenvalue weighted by atomic mass is 9.87. The standard InChI is InChI=1S/C24H24BrNO2/c1-17(14-18-8-4-2-5-9-18)26-24(28)16-21(19-10-6-3-7-11-19)22-15-20(25)12-13-23(22)27/h2-13,15,17,21,27H,14,16H2,1H3,(H,26,28). The van der Waals surface area contributed by atoms with E-state index in [1.165, 1.54) is 5.56 Å². The van der Waals surface area contributed by atoms with Crippen molar-refractivity contribution in [3.8, 4) is 5.75 Å². The van der Waals surface area contributed by atoms with Gasteiger partial charge in [-0.15, -0.1) is 0 Å². The van der Waals surface area contributed by atoms with Gasteiger partial charge in [-0.3, -0.25) is 4.79 Å². The van der Waals surface area contributed by atoms with Crippen LogP contribution in [-0.2, 0) is 11.2 Å². The molecular formula is C24H24BrNO2. The quantitative estimate of drug-likeness (QED) is 0.517. The van der Waals surface area contributed by atoms with Gasteiger partial charge in [0.1, 0.15) is 5.75 Å². The Balaban J connectivity index is 1.76. The Bertz CT molecular complexity index is 912. The number of amides is 1. The van der Waals surface area contributed by atoms with Gasteiger partial charge in [-0.2, -0.15) is 0 Å². The third-order valence-electron chi connectivity index (χ3n) is 4.75. The molecule has 3 nitrogen and oxygen atoms in total. The first-order valence-electron chi connectivity index (χ1n) is 9.39. The predicted molar refractivity (Wildman–Crippen MR) is 116 cm³/mol. The number of aromatic hydroxyl groups is 1. The molecule has 1 amide bonds. The van der Waals surface area contributed by atoms with Crippen LogP contribution in [0, 0.1) is 0 Å². The number of phenols is 1. The van der Waals surface area contributed by atoms with Crippen molar-refractivity contribution in [3.05, 3.63) is 100 Å². The molecule has 0 aliphatic heterocycles. The monoisotopic (exact) mass is 437 g/mol. The minimum Gasteiger partial charge on any atom is -0.508 e. The summed E-state index contributed by atoms with van der Waals surface area (Å²) in [6.45, 7) is 2.01. The van der Waals surface area contributed by atoms with E-state index in [0.29, 0.717) is 0 Å². The van der Waals surface area contributed by atoms with Gasteiger partial charge < -0.3 is 10.4 Å². The summed E-state index contributed by atoms with van der Waals surface area (Å²) in [5.41, 5.74) is 2.94. The SMILES string of the molecule is CC(Cc1ccccc1)NC(=O)CC(c1ccccc1)c1cc(Br)ccc1O. The van der Waals surface area contributed by atoms with E-state index in [9.17, 15) is 9.90 Å². The average molecular weight is 438 g/mol. The van der Waals surface area contributed by atoms with Crippen LogP contribution in [0.1, 0.15) is 36.0 Å². The molecule has 28 heavy (non-hydrogen) atoms. The molecule has 0 bridgehead atoms. The lowest BCUT2D eigenvalue weighted by Gasteiger charge is -2.21. The minimum absolute atomic E-state index is 0.0300. The summed E-state index contributed by atoms with van der Waals surface area (Å²) in [6, 6.07) is 25.3. The summed E-state index contributed by atoms with van der Waals surface area (Å²) in [4.78, 5) is 12.8. The summed E-state index contributed by atoms with van der Waals surface area (Å²) in [5, 5.41) is 13.5. The maximum Gasteiger partial charge on any atom is 0.221 e.